The molecule has 78 heavy (non-hydrogen) atoms. The molecule has 0 saturated heterocycles. The van der Waals surface area contributed by atoms with Crippen molar-refractivity contribution < 1.29 is 41.0 Å². The number of methoxy groups -OCH3 is 2. The Morgan fingerprint density at radius 3 is 1.58 bits per heavy atom. The van der Waals surface area contributed by atoms with E-state index in [4.69, 9.17) is 37.5 Å². The van der Waals surface area contributed by atoms with E-state index in [0.717, 1.165) is 133 Å². The van der Waals surface area contributed by atoms with E-state index in [2.05, 4.69) is 46.8 Å². The zero-order valence-electron chi connectivity index (χ0n) is 44.3. The molecule has 2 aliphatic rings. The highest BCUT2D eigenvalue weighted by atomic mass is 35.5. The molecule has 2 fully saturated rings. The van der Waals surface area contributed by atoms with Gasteiger partial charge in [0.15, 0.2) is 0 Å². The molecule has 5 aromatic carbocycles. The lowest BCUT2D eigenvalue weighted by Crippen LogP contribution is -2.40. The first-order chi connectivity index (χ1) is 37.8. The Balaban J connectivity index is 0.000000213. The lowest BCUT2D eigenvalue weighted by molar-refractivity contribution is -0.0980. The molecule has 0 spiro atoms. The number of halogens is 7. The minimum atomic E-state index is -0.631. The highest BCUT2D eigenvalue weighted by Crippen LogP contribution is 2.45. The van der Waals surface area contributed by atoms with Gasteiger partial charge in [-0.3, -0.25) is 4.79 Å². The fraction of sp³-hybridized carbons (Fsp3) is 0.306. The van der Waals surface area contributed by atoms with E-state index in [1.54, 1.807) is 32.4 Å². The predicted octanol–water partition coefficient (Wildman–Crippen LogP) is 18.5. The number of rotatable bonds is 13. The van der Waals surface area contributed by atoms with Crippen LogP contribution in [0.25, 0.3) is 48.1 Å². The van der Waals surface area contributed by atoms with Gasteiger partial charge in [-0.05, 0) is 110 Å². The minimum absolute atomic E-state index is 0.00459. The second-order valence-corrected chi connectivity index (χ2v) is 21.6. The van der Waals surface area contributed by atoms with Crippen LogP contribution in [0, 0.1) is 36.1 Å². The molecule has 2 saturated carbocycles. The third-order valence-electron chi connectivity index (χ3n) is 14.2. The predicted molar refractivity (Wildman–Crippen MR) is 310 cm³/mol. The molecule has 7 nitrogen and oxygen atoms in total. The summed E-state index contributed by atoms with van der Waals surface area (Å²) in [6.07, 6.45) is 11.6. The highest BCUT2D eigenvalue weighted by molar-refractivity contribution is 7.21. The first-order valence-corrected chi connectivity index (χ1v) is 28.3. The Morgan fingerprint density at radius 2 is 1.06 bits per heavy atom. The van der Waals surface area contributed by atoms with Crippen molar-refractivity contribution in [1.82, 2.24) is 14.8 Å². The standard InChI is InChI=1S/C30H28ClF2NO2S.C29H26ClF3N2OS.C2H6.CH2O/c1-18-8-10-19(11-9-18)20-12-15-25(36-2)21(16-20)17-34(22-6-4-3-5-7-22)30(35)29-27(31)26-23(32)13-14-24(33)28(26)37-29;1-17(27-26(30)25-22(31)11-12-23(32)28(25)37-27)35(20-7-4-3-5-8-20)16-19-15-18(10-13-24(19)36-2)21-9-6-14-34-29(21)33;2*1-2/h8-16,22H,3-7,17H2,1-2H3;6,9-15,20H,1,3-5,7-8,16H2,2H3;1-2H3;1H2. The van der Waals surface area contributed by atoms with Gasteiger partial charge < -0.3 is 24.1 Å². The van der Waals surface area contributed by atoms with Crippen LogP contribution in [0.5, 0.6) is 11.5 Å². The van der Waals surface area contributed by atoms with Crippen LogP contribution in [0.4, 0.5) is 22.0 Å². The number of pyridine rings is 1. The van der Waals surface area contributed by atoms with E-state index < -0.39 is 29.2 Å². The van der Waals surface area contributed by atoms with Gasteiger partial charge in [0.1, 0.15) is 46.4 Å². The number of ether oxygens (including phenoxy) is 2. The molecule has 0 bridgehead atoms. The maximum atomic E-state index is 14.6. The van der Waals surface area contributed by atoms with Crippen LogP contribution in [0.15, 0.2) is 110 Å². The molecule has 2 aliphatic carbocycles. The number of nitrogens with zero attached hydrogens (tertiary/aromatic N) is 3. The largest absolute Gasteiger partial charge is 0.496 e. The van der Waals surface area contributed by atoms with Crippen LogP contribution in [0.1, 0.15) is 109 Å². The molecule has 1 amide bonds. The van der Waals surface area contributed by atoms with Gasteiger partial charge >= 0.3 is 0 Å². The van der Waals surface area contributed by atoms with Crippen molar-refractivity contribution in [2.45, 2.75) is 110 Å². The van der Waals surface area contributed by atoms with Crippen LogP contribution in [-0.4, -0.2) is 53.8 Å². The molecule has 0 atom stereocenters. The maximum Gasteiger partial charge on any atom is 0.266 e. The number of hydrogen-bond donors (Lipinski definition) is 0. The molecule has 410 valence electrons. The summed E-state index contributed by atoms with van der Waals surface area (Å²) in [4.78, 5) is 30.5. The summed E-state index contributed by atoms with van der Waals surface area (Å²) >= 11 is 15.2. The highest BCUT2D eigenvalue weighted by Gasteiger charge is 2.32. The quantitative estimate of drug-likeness (QED) is 0.0846. The van der Waals surface area contributed by atoms with E-state index in [-0.39, 0.29) is 53.1 Å². The SMILES string of the molecule is C=C(c1sc2c(F)ccc(F)c2c1Cl)N(Cc1cc(-c2cccnc2F)ccc1OC)C1CCCCC1.C=O.CC.COc1ccc(-c2ccc(C)cc2)cc1CN(C(=O)c1sc2c(F)ccc(F)c2c1Cl)C1CCCCC1. The Hall–Kier alpha value is -6.32. The Bertz CT molecular complexity index is 3380. The zero-order chi connectivity index (χ0) is 56.2. The van der Waals surface area contributed by atoms with Crippen LogP contribution in [-0.2, 0) is 17.9 Å². The van der Waals surface area contributed by atoms with Crippen molar-refractivity contribution in [3.8, 4) is 33.8 Å². The first-order valence-electron chi connectivity index (χ1n) is 26.0. The summed E-state index contributed by atoms with van der Waals surface area (Å²) in [7, 11) is 3.21. The van der Waals surface area contributed by atoms with Crippen LogP contribution < -0.4 is 9.47 Å². The number of aryl methyl sites for hydroxylation is 1. The number of hydrogen-bond acceptors (Lipinski definition) is 8. The van der Waals surface area contributed by atoms with Crippen molar-refractivity contribution in [2.75, 3.05) is 14.2 Å². The Labute approximate surface area is 471 Å². The van der Waals surface area contributed by atoms with Gasteiger partial charge in [0, 0.05) is 53.8 Å². The Morgan fingerprint density at radius 1 is 0.615 bits per heavy atom. The number of fused-ring (bicyclic) bond motifs is 2. The fourth-order valence-corrected chi connectivity index (χ4v) is 13.3. The monoisotopic (exact) mass is 1140 g/mol. The molecule has 0 radical (unpaired) electrons. The van der Waals surface area contributed by atoms with Crippen LogP contribution in [0.2, 0.25) is 10.0 Å². The maximum absolute atomic E-state index is 14.6. The van der Waals surface area contributed by atoms with Gasteiger partial charge in [-0.15, -0.1) is 22.7 Å². The second-order valence-electron chi connectivity index (χ2n) is 18.8. The van der Waals surface area contributed by atoms with E-state index >= 15 is 0 Å². The molecule has 8 aromatic rings. The number of thiophene rings is 2. The fourth-order valence-electron chi connectivity index (χ4n) is 10.2. The third-order valence-corrected chi connectivity index (χ3v) is 17.6. The smallest absolute Gasteiger partial charge is 0.266 e. The normalized spacial score (nSPS) is 13.6. The van der Waals surface area contributed by atoms with Crippen LogP contribution >= 0.6 is 45.9 Å². The lowest BCUT2D eigenvalue weighted by Gasteiger charge is -2.37. The molecule has 16 heteroatoms. The van der Waals surface area contributed by atoms with E-state index in [0.29, 0.717) is 46.3 Å². The average molecular weight is 1140 g/mol. The van der Waals surface area contributed by atoms with Crippen molar-refractivity contribution >= 4 is 84.4 Å². The van der Waals surface area contributed by atoms with Gasteiger partial charge in [-0.25, -0.2) is 22.5 Å². The molecule has 10 rings (SSSR count). The molecule has 0 aliphatic heterocycles. The first kappa shape index (κ1) is 59.3. The summed E-state index contributed by atoms with van der Waals surface area (Å²) in [5.74, 6) is -1.81. The Kier molecular flexibility index (Phi) is 20.9. The van der Waals surface area contributed by atoms with Crippen molar-refractivity contribution in [3.63, 3.8) is 0 Å². The lowest BCUT2D eigenvalue weighted by atomic mass is 9.93. The average Bonchev–Trinajstić information content (AvgIpc) is 4.03. The number of amides is 1. The zero-order valence-corrected chi connectivity index (χ0v) is 47.5. The van der Waals surface area contributed by atoms with Crippen molar-refractivity contribution in [1.29, 1.82) is 0 Å². The number of benzene rings is 5. The third kappa shape index (κ3) is 13.1. The summed E-state index contributed by atoms with van der Waals surface area (Å²) in [5.41, 5.74) is 6.67. The number of carbonyl (C=O) groups excluding carboxylic acids is 2. The topological polar surface area (TPSA) is 72.0 Å². The van der Waals surface area contributed by atoms with Gasteiger partial charge in [0.05, 0.1) is 49.3 Å². The summed E-state index contributed by atoms with van der Waals surface area (Å²) in [6, 6.07) is 27.7. The van der Waals surface area contributed by atoms with Crippen molar-refractivity contribution in [3.05, 3.63) is 176 Å². The van der Waals surface area contributed by atoms with E-state index in [1.165, 1.54) is 11.8 Å². The van der Waals surface area contributed by atoms with Crippen molar-refractivity contribution in [2.24, 2.45) is 0 Å². The molecule has 3 aromatic heterocycles. The molecule has 0 N–H and O–H groups in total. The van der Waals surface area contributed by atoms with E-state index in [9.17, 15) is 26.7 Å². The number of aromatic nitrogens is 1. The van der Waals surface area contributed by atoms with Gasteiger partial charge in [-0.1, -0.05) is 124 Å². The second kappa shape index (κ2) is 27.5. The van der Waals surface area contributed by atoms with Gasteiger partial charge in [0.2, 0.25) is 5.95 Å². The van der Waals surface area contributed by atoms with Gasteiger partial charge in [0.25, 0.3) is 5.91 Å². The molecule has 0 unspecified atom stereocenters. The van der Waals surface area contributed by atoms with Gasteiger partial charge in [-0.2, -0.15) is 4.39 Å². The van der Waals surface area contributed by atoms with E-state index in [1.807, 2.05) is 56.7 Å². The summed E-state index contributed by atoms with van der Waals surface area (Å²) < 4.78 is 84.2. The van der Waals surface area contributed by atoms with Crippen LogP contribution in [0.3, 0.4) is 0 Å². The summed E-state index contributed by atoms with van der Waals surface area (Å²) in [6.45, 7) is 13.1. The summed E-state index contributed by atoms with van der Waals surface area (Å²) in [5, 5.41) is 0.194. The molecule has 3 heterocycles. The minimum Gasteiger partial charge on any atom is -0.496 e. The molecular formula is C62H62Cl2F5N3O4S2. The molecular weight excluding hydrogens is 1080 g/mol. The number of carbonyl (C=O) groups is 2.